The summed E-state index contributed by atoms with van der Waals surface area (Å²) < 4.78 is 5.55. The molecule has 0 spiro atoms. The molecule has 0 aliphatic carbocycles. The molecule has 0 unspecified atom stereocenters. The lowest BCUT2D eigenvalue weighted by Crippen LogP contribution is -2.36. The zero-order valence-corrected chi connectivity index (χ0v) is 12.1. The van der Waals surface area contributed by atoms with E-state index < -0.39 is 0 Å². The third-order valence-electron chi connectivity index (χ3n) is 2.25. The molecule has 0 atom stereocenters. The molecular formula is C12H23N3OS. The van der Waals surface area contributed by atoms with Crippen LogP contribution in [0.2, 0.25) is 0 Å². The van der Waals surface area contributed by atoms with Crippen LogP contribution in [0.4, 0.5) is 0 Å². The predicted octanol–water partition coefficient (Wildman–Crippen LogP) is 2.30. The highest BCUT2D eigenvalue weighted by Gasteiger charge is 2.09. The zero-order valence-electron chi connectivity index (χ0n) is 11.2. The van der Waals surface area contributed by atoms with Crippen molar-refractivity contribution < 1.29 is 4.42 Å². The molecule has 0 saturated heterocycles. The molecule has 1 rings (SSSR count). The van der Waals surface area contributed by atoms with Gasteiger partial charge in [0, 0.05) is 24.1 Å². The molecule has 0 aliphatic heterocycles. The number of nitrogens with one attached hydrogen (secondary N) is 1. The second-order valence-electron chi connectivity index (χ2n) is 5.11. The first-order valence-electron chi connectivity index (χ1n) is 6.06. The minimum absolute atomic E-state index is 0.179. The third-order valence-corrected chi connectivity index (χ3v) is 2.86. The highest BCUT2D eigenvalue weighted by Crippen LogP contribution is 2.06. The van der Waals surface area contributed by atoms with E-state index in [-0.39, 0.29) is 5.54 Å². The number of thioether (sulfide) groups is 1. The summed E-state index contributed by atoms with van der Waals surface area (Å²) in [5, 5.41) is 11.5. The van der Waals surface area contributed by atoms with Crippen LogP contribution in [0.1, 0.15) is 39.0 Å². The lowest BCUT2D eigenvalue weighted by Gasteiger charge is -2.19. The molecule has 0 fully saturated rings. The van der Waals surface area contributed by atoms with Crippen LogP contribution in [0, 0.1) is 0 Å². The topological polar surface area (TPSA) is 51.0 Å². The van der Waals surface area contributed by atoms with Crippen LogP contribution >= 0.6 is 11.8 Å². The van der Waals surface area contributed by atoms with Gasteiger partial charge in [0.2, 0.25) is 11.8 Å². The first-order chi connectivity index (χ1) is 8.01. The van der Waals surface area contributed by atoms with E-state index in [2.05, 4.69) is 42.5 Å². The van der Waals surface area contributed by atoms with E-state index in [1.807, 2.05) is 0 Å². The molecule has 0 aliphatic rings. The van der Waals surface area contributed by atoms with E-state index >= 15 is 0 Å². The quantitative estimate of drug-likeness (QED) is 0.760. The fourth-order valence-corrected chi connectivity index (χ4v) is 1.76. The number of aromatic nitrogens is 2. The van der Waals surface area contributed by atoms with Gasteiger partial charge in [0.05, 0.1) is 0 Å². The van der Waals surface area contributed by atoms with Crippen LogP contribution in [-0.2, 0) is 12.8 Å². The van der Waals surface area contributed by atoms with Crippen LogP contribution < -0.4 is 5.32 Å². The van der Waals surface area contributed by atoms with E-state index in [4.69, 9.17) is 4.42 Å². The Hall–Kier alpha value is -0.550. The second kappa shape index (κ2) is 7.01. The van der Waals surface area contributed by atoms with Gasteiger partial charge in [-0.1, -0.05) is 0 Å². The molecule has 1 aromatic rings. The lowest BCUT2D eigenvalue weighted by atomic mass is 10.1. The molecule has 0 bridgehead atoms. The van der Waals surface area contributed by atoms with Crippen molar-refractivity contribution in [2.75, 3.05) is 18.6 Å². The van der Waals surface area contributed by atoms with Gasteiger partial charge in [-0.25, -0.2) is 0 Å². The fraction of sp³-hybridized carbons (Fsp3) is 0.833. The van der Waals surface area contributed by atoms with Crippen LogP contribution in [0.3, 0.4) is 0 Å². The van der Waals surface area contributed by atoms with Crippen LogP contribution in [0.5, 0.6) is 0 Å². The predicted molar refractivity (Wildman–Crippen MR) is 72.5 cm³/mol. The Morgan fingerprint density at radius 1 is 1.18 bits per heavy atom. The first-order valence-corrected chi connectivity index (χ1v) is 7.46. The van der Waals surface area contributed by atoms with Crippen LogP contribution in [0.25, 0.3) is 0 Å². The summed E-state index contributed by atoms with van der Waals surface area (Å²) in [5.41, 5.74) is 0.179. The molecule has 4 nitrogen and oxygen atoms in total. The van der Waals surface area contributed by atoms with Gasteiger partial charge in [-0.3, -0.25) is 0 Å². The average molecular weight is 257 g/mol. The van der Waals surface area contributed by atoms with Gasteiger partial charge in [-0.2, -0.15) is 11.8 Å². The van der Waals surface area contributed by atoms with Crippen LogP contribution in [0.15, 0.2) is 4.42 Å². The number of nitrogens with zero attached hydrogens (tertiary/aromatic N) is 2. The van der Waals surface area contributed by atoms with Crippen molar-refractivity contribution in [3.63, 3.8) is 0 Å². The van der Waals surface area contributed by atoms with Crippen LogP contribution in [-0.4, -0.2) is 34.3 Å². The Labute approximate surface area is 108 Å². The Kier molecular flexibility index (Phi) is 5.98. The molecule has 0 radical (unpaired) electrons. The molecular weight excluding hydrogens is 234 g/mol. The summed E-state index contributed by atoms with van der Waals surface area (Å²) in [4.78, 5) is 0. The summed E-state index contributed by atoms with van der Waals surface area (Å²) >= 11 is 1.79. The third kappa shape index (κ3) is 6.68. The van der Waals surface area contributed by atoms with Gasteiger partial charge in [0.1, 0.15) is 0 Å². The van der Waals surface area contributed by atoms with E-state index in [9.17, 15) is 0 Å². The van der Waals surface area contributed by atoms with Crippen molar-refractivity contribution in [3.8, 4) is 0 Å². The van der Waals surface area contributed by atoms with Crippen molar-refractivity contribution >= 4 is 11.8 Å². The summed E-state index contributed by atoms with van der Waals surface area (Å²) in [6, 6.07) is 0. The molecule has 1 heterocycles. The van der Waals surface area contributed by atoms with Gasteiger partial charge >= 0.3 is 0 Å². The molecule has 0 aromatic carbocycles. The number of hydrogen-bond donors (Lipinski definition) is 1. The van der Waals surface area contributed by atoms with Crippen molar-refractivity contribution in [2.24, 2.45) is 0 Å². The SMILES string of the molecule is CSCCc1nnc(CCCNC(C)(C)C)o1. The van der Waals surface area contributed by atoms with Gasteiger partial charge in [0.15, 0.2) is 0 Å². The average Bonchev–Trinajstić information content (AvgIpc) is 2.68. The number of hydrogen-bond acceptors (Lipinski definition) is 5. The largest absolute Gasteiger partial charge is 0.425 e. The van der Waals surface area contributed by atoms with Gasteiger partial charge in [-0.15, -0.1) is 10.2 Å². The smallest absolute Gasteiger partial charge is 0.217 e. The normalized spacial score (nSPS) is 12.0. The molecule has 0 saturated carbocycles. The van der Waals surface area contributed by atoms with Crippen molar-refractivity contribution in [1.29, 1.82) is 0 Å². The Bertz CT molecular complexity index is 320. The minimum atomic E-state index is 0.179. The maximum absolute atomic E-state index is 5.55. The molecule has 17 heavy (non-hydrogen) atoms. The number of aryl methyl sites for hydroxylation is 2. The van der Waals surface area contributed by atoms with Gasteiger partial charge in [0.25, 0.3) is 0 Å². The van der Waals surface area contributed by atoms with E-state index in [1.54, 1.807) is 11.8 Å². The highest BCUT2D eigenvalue weighted by atomic mass is 32.2. The Balaban J connectivity index is 2.21. The lowest BCUT2D eigenvalue weighted by molar-refractivity contribution is 0.406. The van der Waals surface area contributed by atoms with E-state index in [0.717, 1.165) is 43.3 Å². The summed E-state index contributed by atoms with van der Waals surface area (Å²) in [6.07, 6.45) is 4.83. The van der Waals surface area contributed by atoms with Gasteiger partial charge in [-0.05, 0) is 40.0 Å². The minimum Gasteiger partial charge on any atom is -0.425 e. The summed E-state index contributed by atoms with van der Waals surface area (Å²) in [6.45, 7) is 7.48. The zero-order chi connectivity index (χ0) is 12.7. The highest BCUT2D eigenvalue weighted by molar-refractivity contribution is 7.98. The maximum atomic E-state index is 5.55. The molecule has 0 amide bonds. The standard InChI is InChI=1S/C12H23N3OS/c1-12(2,3)13-8-5-6-10-14-15-11(16-10)7-9-17-4/h13H,5-9H2,1-4H3. The Morgan fingerprint density at radius 3 is 2.41 bits per heavy atom. The van der Waals surface area contributed by atoms with E-state index in [0.29, 0.717) is 0 Å². The molecule has 1 N–H and O–H groups in total. The summed E-state index contributed by atoms with van der Waals surface area (Å²) in [7, 11) is 0. The van der Waals surface area contributed by atoms with Crippen molar-refractivity contribution in [3.05, 3.63) is 11.8 Å². The fourth-order valence-electron chi connectivity index (χ4n) is 1.38. The second-order valence-corrected chi connectivity index (χ2v) is 6.10. The summed E-state index contributed by atoms with van der Waals surface area (Å²) in [5.74, 6) is 2.56. The Morgan fingerprint density at radius 2 is 1.82 bits per heavy atom. The molecule has 5 heteroatoms. The number of rotatable bonds is 7. The monoisotopic (exact) mass is 257 g/mol. The van der Waals surface area contributed by atoms with Crippen molar-refractivity contribution in [2.45, 2.75) is 45.6 Å². The van der Waals surface area contributed by atoms with Gasteiger partial charge < -0.3 is 9.73 Å². The maximum Gasteiger partial charge on any atom is 0.217 e. The van der Waals surface area contributed by atoms with E-state index in [1.165, 1.54) is 0 Å². The van der Waals surface area contributed by atoms with Crippen molar-refractivity contribution in [1.82, 2.24) is 15.5 Å². The molecule has 98 valence electrons. The first kappa shape index (κ1) is 14.5. The molecule has 1 aromatic heterocycles.